The number of nitrogens with one attached hydrogen (secondary N) is 2. The molecule has 62 valence electrons. The number of rotatable bonds is 4. The van der Waals surface area contributed by atoms with Crippen molar-refractivity contribution in [3.63, 3.8) is 0 Å². The van der Waals surface area contributed by atoms with Crippen molar-refractivity contribution < 1.29 is 0 Å². The van der Waals surface area contributed by atoms with E-state index >= 15 is 0 Å². The van der Waals surface area contributed by atoms with Crippen LogP contribution in [0.3, 0.4) is 0 Å². The van der Waals surface area contributed by atoms with E-state index in [1.54, 1.807) is 0 Å². The van der Waals surface area contributed by atoms with Crippen molar-refractivity contribution in [3.05, 3.63) is 24.0 Å². The second kappa shape index (κ2) is 4.19. The standard InChI is InChI=1S/C9H16N2/c1-3-5-11-8(2)9-4-6-10-7-9/h4,6-8,10-11H,3,5H2,1-2H3/t8-/m1/s1. The lowest BCUT2D eigenvalue weighted by Crippen LogP contribution is -2.18. The van der Waals surface area contributed by atoms with E-state index in [9.17, 15) is 0 Å². The van der Waals surface area contributed by atoms with E-state index in [0.717, 1.165) is 6.54 Å². The molecule has 1 rings (SSSR count). The summed E-state index contributed by atoms with van der Waals surface area (Å²) in [5.41, 5.74) is 1.33. The number of aromatic nitrogens is 1. The Morgan fingerprint density at radius 2 is 2.45 bits per heavy atom. The Bertz CT molecular complexity index is 179. The molecule has 0 spiro atoms. The van der Waals surface area contributed by atoms with Gasteiger partial charge >= 0.3 is 0 Å². The molecule has 0 radical (unpaired) electrons. The fraction of sp³-hybridized carbons (Fsp3) is 0.556. The van der Waals surface area contributed by atoms with Crippen LogP contribution in [0.1, 0.15) is 31.9 Å². The van der Waals surface area contributed by atoms with E-state index in [1.165, 1.54) is 12.0 Å². The maximum atomic E-state index is 3.41. The summed E-state index contributed by atoms with van der Waals surface area (Å²) in [4.78, 5) is 3.05. The summed E-state index contributed by atoms with van der Waals surface area (Å²) in [7, 11) is 0. The van der Waals surface area contributed by atoms with Gasteiger partial charge in [-0.05, 0) is 31.5 Å². The number of H-pyrrole nitrogens is 1. The summed E-state index contributed by atoms with van der Waals surface area (Å²) in [6.07, 6.45) is 5.18. The van der Waals surface area contributed by atoms with E-state index in [2.05, 4.69) is 30.2 Å². The highest BCUT2D eigenvalue weighted by molar-refractivity contribution is 5.12. The molecule has 0 fully saturated rings. The van der Waals surface area contributed by atoms with Gasteiger partial charge in [0.2, 0.25) is 0 Å². The van der Waals surface area contributed by atoms with Crippen molar-refractivity contribution in [1.82, 2.24) is 10.3 Å². The molecule has 1 atom stereocenters. The quantitative estimate of drug-likeness (QED) is 0.679. The Hall–Kier alpha value is -0.760. The van der Waals surface area contributed by atoms with E-state index in [4.69, 9.17) is 0 Å². The fourth-order valence-electron chi connectivity index (χ4n) is 1.08. The third-order valence-corrected chi connectivity index (χ3v) is 1.82. The second-order valence-corrected chi connectivity index (χ2v) is 2.82. The van der Waals surface area contributed by atoms with Gasteiger partial charge in [-0.1, -0.05) is 6.92 Å². The van der Waals surface area contributed by atoms with Crippen molar-refractivity contribution in [2.24, 2.45) is 0 Å². The number of hydrogen-bond donors (Lipinski definition) is 2. The molecule has 0 aromatic carbocycles. The molecule has 2 heteroatoms. The molecule has 0 saturated carbocycles. The van der Waals surface area contributed by atoms with Crippen LogP contribution in [0.2, 0.25) is 0 Å². The van der Waals surface area contributed by atoms with Crippen LogP contribution in [-0.4, -0.2) is 11.5 Å². The minimum Gasteiger partial charge on any atom is -0.367 e. The highest BCUT2D eigenvalue weighted by atomic mass is 14.9. The zero-order chi connectivity index (χ0) is 8.10. The van der Waals surface area contributed by atoms with Crippen molar-refractivity contribution in [2.75, 3.05) is 6.54 Å². The van der Waals surface area contributed by atoms with E-state index in [0.29, 0.717) is 6.04 Å². The van der Waals surface area contributed by atoms with Gasteiger partial charge in [-0.25, -0.2) is 0 Å². The van der Waals surface area contributed by atoms with Crippen LogP contribution in [0.5, 0.6) is 0 Å². The molecule has 0 saturated heterocycles. The molecule has 2 nitrogen and oxygen atoms in total. The van der Waals surface area contributed by atoms with Crippen molar-refractivity contribution >= 4 is 0 Å². The van der Waals surface area contributed by atoms with Gasteiger partial charge in [-0.2, -0.15) is 0 Å². The van der Waals surface area contributed by atoms with Crippen LogP contribution in [0.15, 0.2) is 18.5 Å². The molecule has 1 aromatic heterocycles. The first kappa shape index (κ1) is 8.34. The predicted octanol–water partition coefficient (Wildman–Crippen LogP) is 2.08. The van der Waals surface area contributed by atoms with E-state index in [1.807, 2.05) is 12.4 Å². The van der Waals surface area contributed by atoms with Crippen LogP contribution in [0.25, 0.3) is 0 Å². The third-order valence-electron chi connectivity index (χ3n) is 1.82. The molecule has 1 heterocycles. The lowest BCUT2D eigenvalue weighted by atomic mass is 10.2. The molecule has 0 amide bonds. The Morgan fingerprint density at radius 1 is 1.64 bits per heavy atom. The van der Waals surface area contributed by atoms with E-state index in [-0.39, 0.29) is 0 Å². The SMILES string of the molecule is CCCN[C@H](C)c1cc[nH]c1. The zero-order valence-corrected chi connectivity index (χ0v) is 7.22. The smallest absolute Gasteiger partial charge is 0.0306 e. The first-order valence-electron chi connectivity index (χ1n) is 4.20. The maximum Gasteiger partial charge on any atom is 0.0306 e. The minimum absolute atomic E-state index is 0.473. The van der Waals surface area contributed by atoms with Crippen molar-refractivity contribution in [2.45, 2.75) is 26.3 Å². The highest BCUT2D eigenvalue weighted by Gasteiger charge is 2.01. The summed E-state index contributed by atoms with van der Waals surface area (Å²) >= 11 is 0. The number of hydrogen-bond acceptors (Lipinski definition) is 1. The van der Waals surface area contributed by atoms with Gasteiger partial charge in [0.15, 0.2) is 0 Å². The predicted molar refractivity (Wildman–Crippen MR) is 47.5 cm³/mol. The Morgan fingerprint density at radius 3 is 3.00 bits per heavy atom. The molecule has 11 heavy (non-hydrogen) atoms. The molecule has 0 bridgehead atoms. The van der Waals surface area contributed by atoms with Gasteiger partial charge in [0.05, 0.1) is 0 Å². The van der Waals surface area contributed by atoms with Crippen molar-refractivity contribution in [1.29, 1.82) is 0 Å². The zero-order valence-electron chi connectivity index (χ0n) is 7.22. The van der Waals surface area contributed by atoms with Crippen LogP contribution in [0, 0.1) is 0 Å². The third kappa shape index (κ3) is 2.39. The van der Waals surface area contributed by atoms with Crippen LogP contribution in [0.4, 0.5) is 0 Å². The molecule has 0 aliphatic heterocycles. The van der Waals surface area contributed by atoms with Crippen LogP contribution >= 0.6 is 0 Å². The lowest BCUT2D eigenvalue weighted by Gasteiger charge is -2.10. The Kier molecular flexibility index (Phi) is 3.17. The first-order chi connectivity index (χ1) is 5.34. The highest BCUT2D eigenvalue weighted by Crippen LogP contribution is 2.09. The average Bonchev–Trinajstić information content (AvgIpc) is 2.52. The van der Waals surface area contributed by atoms with Gasteiger partial charge < -0.3 is 10.3 Å². The summed E-state index contributed by atoms with van der Waals surface area (Å²) < 4.78 is 0. The largest absolute Gasteiger partial charge is 0.367 e. The van der Waals surface area contributed by atoms with Gasteiger partial charge in [0.1, 0.15) is 0 Å². The molecular weight excluding hydrogens is 136 g/mol. The van der Waals surface area contributed by atoms with Gasteiger partial charge in [0, 0.05) is 18.4 Å². The Labute approximate surface area is 68.0 Å². The minimum atomic E-state index is 0.473. The summed E-state index contributed by atoms with van der Waals surface area (Å²) in [5, 5.41) is 3.41. The van der Waals surface area contributed by atoms with Crippen molar-refractivity contribution in [3.8, 4) is 0 Å². The average molecular weight is 152 g/mol. The molecular formula is C9H16N2. The molecule has 1 aromatic rings. The van der Waals surface area contributed by atoms with Gasteiger partial charge in [-0.15, -0.1) is 0 Å². The summed E-state index contributed by atoms with van der Waals surface area (Å²) in [6.45, 7) is 5.45. The maximum absolute atomic E-state index is 3.41. The summed E-state index contributed by atoms with van der Waals surface area (Å²) in [5.74, 6) is 0. The Balaban J connectivity index is 2.36. The van der Waals surface area contributed by atoms with Crippen LogP contribution < -0.4 is 5.32 Å². The van der Waals surface area contributed by atoms with Gasteiger partial charge in [-0.3, -0.25) is 0 Å². The molecule has 0 aliphatic carbocycles. The monoisotopic (exact) mass is 152 g/mol. The molecule has 0 unspecified atom stereocenters. The van der Waals surface area contributed by atoms with E-state index < -0.39 is 0 Å². The fourth-order valence-corrected chi connectivity index (χ4v) is 1.08. The topological polar surface area (TPSA) is 27.8 Å². The molecule has 0 aliphatic rings. The summed E-state index contributed by atoms with van der Waals surface area (Å²) in [6, 6.07) is 2.58. The normalized spacial score (nSPS) is 13.3. The van der Waals surface area contributed by atoms with Crippen LogP contribution in [-0.2, 0) is 0 Å². The number of aromatic amines is 1. The lowest BCUT2D eigenvalue weighted by molar-refractivity contribution is 0.571. The first-order valence-corrected chi connectivity index (χ1v) is 4.20. The molecule has 2 N–H and O–H groups in total. The van der Waals surface area contributed by atoms with Gasteiger partial charge in [0.25, 0.3) is 0 Å². The second-order valence-electron chi connectivity index (χ2n) is 2.82.